The highest BCUT2D eigenvalue weighted by atomic mass is 35.5. The zero-order chi connectivity index (χ0) is 13.0. The highest BCUT2D eigenvalue weighted by Gasteiger charge is 2.20. The first kappa shape index (κ1) is 16.0. The fourth-order valence-electron chi connectivity index (χ4n) is 1.99. The molecule has 5 nitrogen and oxygen atoms in total. The molecule has 2 rings (SSSR count). The van der Waals surface area contributed by atoms with Gasteiger partial charge in [0.25, 0.3) is 0 Å². The molecule has 0 radical (unpaired) electrons. The Labute approximate surface area is 119 Å². The van der Waals surface area contributed by atoms with Crippen LogP contribution in [0, 0.1) is 6.92 Å². The number of aryl methyl sites for hydroxylation is 1. The van der Waals surface area contributed by atoms with Crippen LogP contribution in [-0.4, -0.2) is 43.7 Å². The van der Waals surface area contributed by atoms with E-state index in [2.05, 4.69) is 5.32 Å². The molecule has 1 saturated heterocycles. The molecule has 0 saturated carbocycles. The Balaban J connectivity index is 0.00000180. The third-order valence-electron chi connectivity index (χ3n) is 3.02. The first-order chi connectivity index (χ1) is 8.65. The number of carbonyl (C=O) groups is 1. The Hall–Kier alpha value is -1.04. The predicted octanol–water partition coefficient (Wildman–Crippen LogP) is 1.35. The van der Waals surface area contributed by atoms with Gasteiger partial charge >= 0.3 is 0 Å². The summed E-state index contributed by atoms with van der Waals surface area (Å²) in [6, 6.07) is 3.81. The highest BCUT2D eigenvalue weighted by Crippen LogP contribution is 2.10. The second-order valence-electron chi connectivity index (χ2n) is 4.66. The monoisotopic (exact) mass is 288 g/mol. The molecule has 19 heavy (non-hydrogen) atoms. The van der Waals surface area contributed by atoms with Crippen molar-refractivity contribution in [1.82, 2.24) is 10.2 Å². The number of nitrogens with zero attached hydrogens (tertiary/aromatic N) is 1. The number of morpholine rings is 1. The second-order valence-corrected chi connectivity index (χ2v) is 4.66. The molecular formula is C13H21ClN2O3. The van der Waals surface area contributed by atoms with Crippen molar-refractivity contribution >= 4 is 18.3 Å². The van der Waals surface area contributed by atoms with Gasteiger partial charge in [-0.25, -0.2) is 0 Å². The van der Waals surface area contributed by atoms with E-state index in [1.165, 1.54) is 0 Å². The number of furan rings is 1. The van der Waals surface area contributed by atoms with Gasteiger partial charge in [0.15, 0.2) is 0 Å². The lowest BCUT2D eigenvalue weighted by Gasteiger charge is -2.25. The van der Waals surface area contributed by atoms with Crippen molar-refractivity contribution in [2.45, 2.75) is 26.0 Å². The third-order valence-corrected chi connectivity index (χ3v) is 3.02. The van der Waals surface area contributed by atoms with Gasteiger partial charge in [-0.3, -0.25) is 4.79 Å². The molecule has 1 aromatic rings. The van der Waals surface area contributed by atoms with E-state index in [0.717, 1.165) is 24.6 Å². The van der Waals surface area contributed by atoms with Gasteiger partial charge in [0.1, 0.15) is 11.5 Å². The number of hydrogen-bond acceptors (Lipinski definition) is 4. The summed E-state index contributed by atoms with van der Waals surface area (Å²) in [4.78, 5) is 13.7. The van der Waals surface area contributed by atoms with E-state index in [-0.39, 0.29) is 24.4 Å². The highest BCUT2D eigenvalue weighted by molar-refractivity contribution is 5.85. The summed E-state index contributed by atoms with van der Waals surface area (Å²) >= 11 is 0. The van der Waals surface area contributed by atoms with Crippen molar-refractivity contribution in [2.75, 3.05) is 26.7 Å². The average molecular weight is 289 g/mol. The Morgan fingerprint density at radius 2 is 2.32 bits per heavy atom. The first-order valence-corrected chi connectivity index (χ1v) is 6.27. The largest absolute Gasteiger partial charge is 0.464 e. The summed E-state index contributed by atoms with van der Waals surface area (Å²) < 4.78 is 11.0. The Bertz CT molecular complexity index is 402. The van der Waals surface area contributed by atoms with Crippen LogP contribution >= 0.6 is 12.4 Å². The van der Waals surface area contributed by atoms with Gasteiger partial charge in [-0.2, -0.15) is 0 Å². The molecule has 1 unspecified atom stereocenters. The summed E-state index contributed by atoms with van der Waals surface area (Å²) in [5.74, 6) is 1.76. The number of halogens is 1. The normalized spacial score (nSPS) is 18.7. The number of rotatable bonds is 4. The Morgan fingerprint density at radius 1 is 1.53 bits per heavy atom. The maximum Gasteiger partial charge on any atom is 0.225 e. The number of ether oxygens (including phenoxy) is 1. The smallest absolute Gasteiger partial charge is 0.225 e. The Kier molecular flexibility index (Phi) is 6.34. The van der Waals surface area contributed by atoms with E-state index in [9.17, 15) is 4.79 Å². The molecule has 1 fully saturated rings. The maximum absolute atomic E-state index is 12.0. The summed E-state index contributed by atoms with van der Waals surface area (Å²) in [5.41, 5.74) is 0. The zero-order valence-corrected chi connectivity index (χ0v) is 12.2. The number of carbonyl (C=O) groups excluding carboxylic acids is 1. The molecule has 1 aliphatic rings. The van der Waals surface area contributed by atoms with E-state index in [1.807, 2.05) is 19.1 Å². The lowest BCUT2D eigenvalue weighted by atomic mass is 10.2. The molecule has 1 N–H and O–H groups in total. The fraction of sp³-hybridized carbons (Fsp3) is 0.615. The van der Waals surface area contributed by atoms with Crippen molar-refractivity contribution in [3.8, 4) is 0 Å². The molecule has 2 heterocycles. The van der Waals surface area contributed by atoms with E-state index < -0.39 is 0 Å². The van der Waals surface area contributed by atoms with E-state index >= 15 is 0 Å². The molecule has 1 aliphatic heterocycles. The molecule has 0 aromatic carbocycles. The number of hydrogen-bond donors (Lipinski definition) is 1. The van der Waals surface area contributed by atoms with E-state index in [1.54, 1.807) is 11.9 Å². The summed E-state index contributed by atoms with van der Waals surface area (Å²) in [5, 5.41) is 3.22. The second kappa shape index (κ2) is 7.53. The minimum atomic E-state index is -0.00737. The molecule has 1 aromatic heterocycles. The molecule has 0 spiro atoms. The van der Waals surface area contributed by atoms with Crippen LogP contribution in [0.3, 0.4) is 0 Å². The summed E-state index contributed by atoms with van der Waals surface area (Å²) in [7, 11) is 1.79. The van der Waals surface area contributed by atoms with Crippen LogP contribution in [0.25, 0.3) is 0 Å². The minimum Gasteiger partial charge on any atom is -0.464 e. The van der Waals surface area contributed by atoms with Gasteiger partial charge in [0, 0.05) is 20.1 Å². The lowest BCUT2D eigenvalue weighted by molar-refractivity contribution is -0.134. The van der Waals surface area contributed by atoms with Gasteiger partial charge in [-0.15, -0.1) is 12.4 Å². The van der Waals surface area contributed by atoms with Crippen molar-refractivity contribution in [1.29, 1.82) is 0 Å². The Morgan fingerprint density at radius 3 is 2.89 bits per heavy atom. The number of amides is 1. The van der Waals surface area contributed by atoms with Crippen LogP contribution in [0.5, 0.6) is 0 Å². The topological polar surface area (TPSA) is 54.7 Å². The molecule has 0 aliphatic carbocycles. The van der Waals surface area contributed by atoms with Crippen LogP contribution in [0.1, 0.15) is 17.9 Å². The van der Waals surface area contributed by atoms with Crippen molar-refractivity contribution < 1.29 is 13.9 Å². The molecule has 1 amide bonds. The van der Waals surface area contributed by atoms with Gasteiger partial charge < -0.3 is 19.4 Å². The molecule has 6 heteroatoms. The van der Waals surface area contributed by atoms with Gasteiger partial charge in [0.2, 0.25) is 5.91 Å². The van der Waals surface area contributed by atoms with Crippen LogP contribution in [0.15, 0.2) is 16.5 Å². The first-order valence-electron chi connectivity index (χ1n) is 6.27. The predicted molar refractivity (Wildman–Crippen MR) is 74.4 cm³/mol. The van der Waals surface area contributed by atoms with Crippen LogP contribution < -0.4 is 5.32 Å². The SMILES string of the molecule is Cc1ccc(CN(C)C(=O)CC2CNCCO2)o1.Cl. The van der Waals surface area contributed by atoms with Crippen molar-refractivity contribution in [3.05, 3.63) is 23.7 Å². The summed E-state index contributed by atoms with van der Waals surface area (Å²) in [6.45, 7) is 4.70. The third kappa shape index (κ3) is 4.86. The molecule has 108 valence electrons. The van der Waals surface area contributed by atoms with Crippen molar-refractivity contribution in [2.24, 2.45) is 0 Å². The fourth-order valence-corrected chi connectivity index (χ4v) is 1.99. The van der Waals surface area contributed by atoms with Gasteiger partial charge in [-0.1, -0.05) is 0 Å². The van der Waals surface area contributed by atoms with Crippen molar-refractivity contribution in [3.63, 3.8) is 0 Å². The van der Waals surface area contributed by atoms with Crippen LogP contribution in [0.2, 0.25) is 0 Å². The van der Waals surface area contributed by atoms with Gasteiger partial charge in [0.05, 0.1) is 25.7 Å². The molecule has 0 bridgehead atoms. The lowest BCUT2D eigenvalue weighted by Crippen LogP contribution is -2.41. The van der Waals surface area contributed by atoms with E-state index in [0.29, 0.717) is 19.6 Å². The van der Waals surface area contributed by atoms with E-state index in [4.69, 9.17) is 9.15 Å². The maximum atomic E-state index is 12.0. The van der Waals surface area contributed by atoms with Gasteiger partial charge in [-0.05, 0) is 19.1 Å². The summed E-state index contributed by atoms with van der Waals surface area (Å²) in [6.07, 6.45) is 0.412. The quantitative estimate of drug-likeness (QED) is 0.909. The standard InChI is InChI=1S/C13H20N2O3.ClH/c1-10-3-4-11(18-10)9-15(2)13(16)7-12-8-14-5-6-17-12;/h3-4,12,14H,5-9H2,1-2H3;1H. The molecule has 1 atom stereocenters. The average Bonchev–Trinajstić information content (AvgIpc) is 2.76. The zero-order valence-electron chi connectivity index (χ0n) is 11.3. The molecular weight excluding hydrogens is 268 g/mol. The number of nitrogens with one attached hydrogen (secondary N) is 1. The van der Waals surface area contributed by atoms with Crippen LogP contribution in [0.4, 0.5) is 0 Å². The van der Waals surface area contributed by atoms with Crippen LogP contribution in [-0.2, 0) is 16.1 Å². The minimum absolute atomic E-state index is 0.